The average Bonchev–Trinajstić information content (AvgIpc) is 2.90. The van der Waals surface area contributed by atoms with Crippen molar-refractivity contribution in [3.05, 3.63) is 16.7 Å². The van der Waals surface area contributed by atoms with Crippen LogP contribution in [0.2, 0.25) is 0 Å². The number of aliphatic hydroxyl groups is 2. The third-order valence-electron chi connectivity index (χ3n) is 4.73. The second-order valence-corrected chi connectivity index (χ2v) is 6.88. The Kier molecular flexibility index (Phi) is 3.64. The summed E-state index contributed by atoms with van der Waals surface area (Å²) < 4.78 is 21.4. The van der Waals surface area contributed by atoms with Gasteiger partial charge in [0, 0.05) is 13.6 Å². The number of aliphatic hydroxyl groups excluding tert-OH is 1. The minimum absolute atomic E-state index is 0.00730. The zero-order valence-corrected chi connectivity index (χ0v) is 14.6. The van der Waals surface area contributed by atoms with Gasteiger partial charge in [-0.25, -0.2) is 14.4 Å². The molecule has 26 heavy (non-hydrogen) atoms. The van der Waals surface area contributed by atoms with Crippen molar-refractivity contribution in [1.82, 2.24) is 24.4 Å². The number of aromatic amines is 1. The number of nitrogens with zero attached hydrogens (tertiary/aromatic N) is 5. The van der Waals surface area contributed by atoms with Crippen molar-refractivity contribution in [3.8, 4) is 0 Å². The van der Waals surface area contributed by atoms with Gasteiger partial charge in [-0.3, -0.25) is 14.3 Å². The summed E-state index contributed by atoms with van der Waals surface area (Å²) in [6.07, 6.45) is -1.48. The van der Waals surface area contributed by atoms with Crippen LogP contribution in [0.5, 0.6) is 0 Å². The van der Waals surface area contributed by atoms with E-state index in [2.05, 4.69) is 19.9 Å². The molecule has 0 aromatic carbocycles. The molecule has 5 atom stereocenters. The van der Waals surface area contributed by atoms with Crippen LogP contribution in [-0.2, 0) is 4.74 Å². The fourth-order valence-electron chi connectivity index (χ4n) is 2.94. The maximum Gasteiger partial charge on any atom is 0.280 e. The lowest BCUT2D eigenvalue weighted by atomic mass is 10.1. The van der Waals surface area contributed by atoms with E-state index in [1.165, 1.54) is 6.34 Å². The molecule has 1 aliphatic heterocycles. The smallest absolute Gasteiger partial charge is 0.280 e. The summed E-state index contributed by atoms with van der Waals surface area (Å²) in [5.41, 5.74) is -2.85. The summed E-state index contributed by atoms with van der Waals surface area (Å²) >= 11 is 5.85. The molecule has 4 rings (SSSR count). The van der Waals surface area contributed by atoms with Crippen molar-refractivity contribution in [3.63, 3.8) is 0 Å². The van der Waals surface area contributed by atoms with E-state index in [4.69, 9.17) is 16.3 Å². The predicted octanol–water partition coefficient (Wildman–Crippen LogP) is -0.361. The largest absolute Gasteiger partial charge is 0.387 e. The van der Waals surface area contributed by atoms with Gasteiger partial charge < -0.3 is 19.8 Å². The van der Waals surface area contributed by atoms with Crippen LogP contribution in [0.15, 0.2) is 16.1 Å². The fourth-order valence-corrected chi connectivity index (χ4v) is 3.31. The molecule has 2 fully saturated rings. The zero-order valence-electron chi connectivity index (χ0n) is 13.8. The fraction of sp³-hybridized carbons (Fsp3) is 0.571. The van der Waals surface area contributed by atoms with Crippen molar-refractivity contribution in [2.75, 3.05) is 13.6 Å². The Morgan fingerprint density at radius 1 is 1.65 bits per heavy atom. The maximum absolute atomic E-state index is 15.0. The molecule has 1 aliphatic carbocycles. The molecule has 140 valence electrons. The van der Waals surface area contributed by atoms with E-state index in [1.807, 2.05) is 6.92 Å². The van der Waals surface area contributed by atoms with Gasteiger partial charge in [0.25, 0.3) is 10.7 Å². The highest BCUT2D eigenvalue weighted by Crippen LogP contribution is 2.63. The Morgan fingerprint density at radius 3 is 3.00 bits per heavy atom. The predicted molar refractivity (Wildman–Crippen MR) is 89.2 cm³/mol. The molecule has 1 saturated carbocycles. The standard InChI is InChI=1S/C14H16ClFN6O4/c1-3-21(2)4-18-12-19-9-6(10(24)20-12)17-5-22(9)11-14(15,16)13(25)7(23)8(13)26-11/h4-5,7-8,11,23,25H,3H2,1-2H3,(H,19,20,24)/b18-4+/t7?,8-,11-,13-,14+/m1/s1. The molecule has 2 aromatic heterocycles. The SMILES string of the molecule is CCN(C)/C=N/c1nc2c(ncn2[C@@H]2O[C@@H]3C(O)[C@]3(O)[C@]2(F)Cl)c(=O)[nH]1. The molecule has 2 aromatic rings. The Bertz CT molecular complexity index is 961. The minimum atomic E-state index is -2.82. The monoisotopic (exact) mass is 386 g/mol. The van der Waals surface area contributed by atoms with E-state index in [0.717, 1.165) is 10.9 Å². The van der Waals surface area contributed by atoms with E-state index in [9.17, 15) is 19.4 Å². The van der Waals surface area contributed by atoms with Crippen LogP contribution in [-0.4, -0.2) is 77.5 Å². The van der Waals surface area contributed by atoms with Crippen LogP contribution in [0, 0.1) is 0 Å². The third kappa shape index (κ3) is 2.14. The molecule has 10 nitrogen and oxygen atoms in total. The lowest BCUT2D eigenvalue weighted by molar-refractivity contribution is -0.0815. The van der Waals surface area contributed by atoms with Gasteiger partial charge >= 0.3 is 0 Å². The first kappa shape index (κ1) is 17.3. The van der Waals surface area contributed by atoms with Crippen LogP contribution >= 0.6 is 11.6 Å². The first-order valence-corrected chi connectivity index (χ1v) is 8.24. The van der Waals surface area contributed by atoms with Gasteiger partial charge in [0.15, 0.2) is 23.0 Å². The van der Waals surface area contributed by atoms with Crippen molar-refractivity contribution in [2.45, 2.75) is 36.1 Å². The van der Waals surface area contributed by atoms with Gasteiger partial charge in [-0.1, -0.05) is 11.6 Å². The molecule has 0 amide bonds. The van der Waals surface area contributed by atoms with Gasteiger partial charge in [0.1, 0.15) is 12.2 Å². The number of rotatable bonds is 4. The van der Waals surface area contributed by atoms with Crippen LogP contribution in [0.25, 0.3) is 11.2 Å². The number of H-pyrrole nitrogens is 1. The molecule has 2 aliphatic rings. The third-order valence-corrected chi connectivity index (χ3v) is 5.22. The van der Waals surface area contributed by atoms with Crippen molar-refractivity contribution >= 4 is 35.1 Å². The van der Waals surface area contributed by atoms with Crippen molar-refractivity contribution in [1.29, 1.82) is 0 Å². The molecule has 1 saturated heterocycles. The summed E-state index contributed by atoms with van der Waals surface area (Å²) in [6, 6.07) is 0. The molecular weight excluding hydrogens is 371 g/mol. The number of alkyl halides is 2. The van der Waals surface area contributed by atoms with Crippen LogP contribution in [0.4, 0.5) is 10.3 Å². The number of imidazole rings is 1. The Morgan fingerprint density at radius 2 is 2.38 bits per heavy atom. The number of halogens is 2. The normalized spacial score (nSPS) is 36.0. The molecular formula is C14H16ClFN6O4. The maximum atomic E-state index is 15.0. The molecule has 0 spiro atoms. The molecule has 1 unspecified atom stereocenters. The Balaban J connectivity index is 1.77. The van der Waals surface area contributed by atoms with Gasteiger partial charge in [0.2, 0.25) is 5.95 Å². The molecule has 12 heteroatoms. The van der Waals surface area contributed by atoms with E-state index < -0.39 is 34.7 Å². The zero-order chi connectivity index (χ0) is 18.9. The molecule has 3 N–H and O–H groups in total. The van der Waals surface area contributed by atoms with E-state index in [-0.39, 0.29) is 17.1 Å². The number of ether oxygens (including phenoxy) is 1. The quantitative estimate of drug-likeness (QED) is 0.371. The average molecular weight is 387 g/mol. The number of aliphatic imine (C=N–C) groups is 1. The number of nitrogens with one attached hydrogen (secondary N) is 1. The minimum Gasteiger partial charge on any atom is -0.387 e. The number of aromatic nitrogens is 4. The second kappa shape index (κ2) is 5.46. The number of hydrogen-bond acceptors (Lipinski definition) is 7. The van der Waals surface area contributed by atoms with E-state index in [0.29, 0.717) is 6.54 Å². The van der Waals surface area contributed by atoms with Gasteiger partial charge in [-0.2, -0.15) is 4.98 Å². The van der Waals surface area contributed by atoms with Crippen LogP contribution in [0.1, 0.15) is 13.2 Å². The summed E-state index contributed by atoms with van der Waals surface area (Å²) in [4.78, 5) is 28.5. The van der Waals surface area contributed by atoms with Gasteiger partial charge in [0.05, 0.1) is 12.7 Å². The number of hydrogen-bond donors (Lipinski definition) is 3. The van der Waals surface area contributed by atoms with Gasteiger partial charge in [-0.15, -0.1) is 0 Å². The van der Waals surface area contributed by atoms with Crippen molar-refractivity contribution < 1.29 is 19.3 Å². The summed E-state index contributed by atoms with van der Waals surface area (Å²) in [6.45, 7) is 2.62. The Labute approximate surface area is 150 Å². The summed E-state index contributed by atoms with van der Waals surface area (Å²) in [5, 5.41) is 16.9. The lowest BCUT2D eigenvalue weighted by Crippen LogP contribution is -2.42. The second-order valence-electron chi connectivity index (χ2n) is 6.33. The highest BCUT2D eigenvalue weighted by atomic mass is 35.5. The van der Waals surface area contributed by atoms with E-state index >= 15 is 0 Å². The van der Waals surface area contributed by atoms with E-state index in [1.54, 1.807) is 11.9 Å². The highest BCUT2D eigenvalue weighted by molar-refractivity contribution is 6.24. The molecule has 3 heterocycles. The molecule has 0 radical (unpaired) electrons. The van der Waals surface area contributed by atoms with Crippen molar-refractivity contribution in [2.24, 2.45) is 4.99 Å². The first-order chi connectivity index (χ1) is 12.2. The topological polar surface area (TPSA) is 129 Å². The van der Waals surface area contributed by atoms with Crippen LogP contribution < -0.4 is 5.56 Å². The lowest BCUT2D eigenvalue weighted by Gasteiger charge is -2.27. The molecule has 0 bridgehead atoms. The highest BCUT2D eigenvalue weighted by Gasteiger charge is 2.85. The van der Waals surface area contributed by atoms with Crippen LogP contribution in [0.3, 0.4) is 0 Å². The van der Waals surface area contributed by atoms with Gasteiger partial charge in [-0.05, 0) is 6.92 Å². The summed E-state index contributed by atoms with van der Waals surface area (Å²) in [7, 11) is 1.79. The number of fused-ring (bicyclic) bond motifs is 2. The summed E-state index contributed by atoms with van der Waals surface area (Å²) in [5.74, 6) is -0.00881. The Hall–Kier alpha value is -2.08. The first-order valence-electron chi connectivity index (χ1n) is 7.86.